The molecule has 0 aliphatic carbocycles. The highest BCUT2D eigenvalue weighted by molar-refractivity contribution is 7.79. The molecule has 0 fully saturated rings. The average Bonchev–Trinajstić information content (AvgIpc) is 2.25. The Morgan fingerprint density at radius 3 is 1.62 bits per heavy atom. The van der Waals surface area contributed by atoms with Crippen molar-refractivity contribution in [3.8, 4) is 0 Å². The van der Waals surface area contributed by atoms with E-state index in [2.05, 4.69) is 0 Å². The molecule has 0 amide bonds. The van der Waals surface area contributed by atoms with E-state index >= 15 is 0 Å². The fourth-order valence-electron chi connectivity index (χ4n) is 0.532. The SMILES string of the molecule is CC.CC.O=S([O-])c1ccccc1. The van der Waals surface area contributed by atoms with Gasteiger partial charge in [0, 0.05) is 4.90 Å². The quantitative estimate of drug-likeness (QED) is 0.655. The number of benzene rings is 1. The van der Waals surface area contributed by atoms with Crippen molar-refractivity contribution in [1.82, 2.24) is 0 Å². The summed E-state index contributed by atoms with van der Waals surface area (Å²) in [5.74, 6) is 0. The Morgan fingerprint density at radius 1 is 1.00 bits per heavy atom. The van der Waals surface area contributed by atoms with Crippen molar-refractivity contribution >= 4 is 11.1 Å². The molecular formula is C10H17O2S-. The molecule has 76 valence electrons. The van der Waals surface area contributed by atoms with E-state index in [0.29, 0.717) is 4.90 Å². The van der Waals surface area contributed by atoms with Gasteiger partial charge in [0.1, 0.15) is 0 Å². The Labute approximate surface area is 83.3 Å². The normalized spacial score (nSPS) is 9.92. The highest BCUT2D eigenvalue weighted by Gasteiger charge is 1.84. The van der Waals surface area contributed by atoms with Crippen LogP contribution >= 0.6 is 0 Å². The molecule has 0 spiro atoms. The Bertz CT molecular complexity index is 209. The van der Waals surface area contributed by atoms with Crippen LogP contribution in [0, 0.1) is 0 Å². The van der Waals surface area contributed by atoms with Gasteiger partial charge in [0.05, 0.1) is 0 Å². The Morgan fingerprint density at radius 2 is 1.38 bits per heavy atom. The van der Waals surface area contributed by atoms with Crippen molar-refractivity contribution in [3.63, 3.8) is 0 Å². The second-order valence-corrected chi connectivity index (χ2v) is 2.49. The van der Waals surface area contributed by atoms with Gasteiger partial charge in [-0.15, -0.1) is 0 Å². The molecule has 2 nitrogen and oxygen atoms in total. The zero-order chi connectivity index (χ0) is 10.7. The fraction of sp³-hybridized carbons (Fsp3) is 0.400. The smallest absolute Gasteiger partial charge is 0.0248 e. The average molecular weight is 201 g/mol. The Balaban J connectivity index is 0. The maximum Gasteiger partial charge on any atom is 0.0248 e. The van der Waals surface area contributed by atoms with Crippen LogP contribution in [-0.2, 0) is 11.1 Å². The van der Waals surface area contributed by atoms with Gasteiger partial charge < -0.3 is 4.55 Å². The summed E-state index contributed by atoms with van der Waals surface area (Å²) in [6.45, 7) is 8.00. The van der Waals surface area contributed by atoms with Gasteiger partial charge in [-0.3, -0.25) is 4.21 Å². The summed E-state index contributed by atoms with van der Waals surface area (Å²) in [5, 5.41) is 0. The van der Waals surface area contributed by atoms with Crippen LogP contribution in [0.2, 0.25) is 0 Å². The molecule has 0 saturated heterocycles. The molecule has 1 atom stereocenters. The topological polar surface area (TPSA) is 40.1 Å². The van der Waals surface area contributed by atoms with Gasteiger partial charge in [-0.05, 0) is 23.2 Å². The summed E-state index contributed by atoms with van der Waals surface area (Å²) in [6.07, 6.45) is 0. The maximum absolute atomic E-state index is 10.2. The molecule has 1 aromatic carbocycles. The van der Waals surface area contributed by atoms with Gasteiger partial charge in [0.2, 0.25) is 0 Å². The summed E-state index contributed by atoms with van der Waals surface area (Å²) >= 11 is -2.08. The Hall–Kier alpha value is -0.670. The highest BCUT2D eigenvalue weighted by Crippen LogP contribution is 2.00. The molecule has 13 heavy (non-hydrogen) atoms. The van der Waals surface area contributed by atoms with Crippen LogP contribution in [-0.4, -0.2) is 8.76 Å². The van der Waals surface area contributed by atoms with E-state index in [0.717, 1.165) is 0 Å². The molecular weight excluding hydrogens is 184 g/mol. The molecule has 0 N–H and O–H groups in total. The third-order valence-corrected chi connectivity index (χ3v) is 1.59. The predicted molar refractivity (Wildman–Crippen MR) is 56.3 cm³/mol. The molecule has 0 saturated carbocycles. The second-order valence-electron chi connectivity index (χ2n) is 1.55. The zero-order valence-corrected chi connectivity index (χ0v) is 9.43. The lowest BCUT2D eigenvalue weighted by molar-refractivity contribution is 0.537. The van der Waals surface area contributed by atoms with Crippen molar-refractivity contribution in [2.24, 2.45) is 0 Å². The van der Waals surface area contributed by atoms with E-state index in [1.807, 2.05) is 27.7 Å². The third kappa shape index (κ3) is 7.68. The maximum atomic E-state index is 10.2. The largest absolute Gasteiger partial charge is 0.768 e. The van der Waals surface area contributed by atoms with Gasteiger partial charge in [0.15, 0.2) is 0 Å². The number of hydrogen-bond donors (Lipinski definition) is 0. The van der Waals surface area contributed by atoms with Crippen molar-refractivity contribution < 1.29 is 8.76 Å². The van der Waals surface area contributed by atoms with Crippen LogP contribution in [0.1, 0.15) is 27.7 Å². The standard InChI is InChI=1S/C6H6O2S.2C2H6/c7-9(8)6-4-2-1-3-5-6;2*1-2/h1-5H,(H,7,8);2*1-2H3/p-1. The molecule has 3 heteroatoms. The van der Waals surface area contributed by atoms with E-state index in [4.69, 9.17) is 0 Å². The van der Waals surface area contributed by atoms with Gasteiger partial charge in [-0.2, -0.15) is 0 Å². The van der Waals surface area contributed by atoms with E-state index in [1.165, 1.54) is 0 Å². The molecule has 0 aliphatic rings. The van der Waals surface area contributed by atoms with Crippen molar-refractivity contribution in [2.75, 3.05) is 0 Å². The summed E-state index contributed by atoms with van der Waals surface area (Å²) in [5.41, 5.74) is 0. The second kappa shape index (κ2) is 11.3. The molecule has 1 aromatic rings. The van der Waals surface area contributed by atoms with Gasteiger partial charge >= 0.3 is 0 Å². The Kier molecular flexibility index (Phi) is 12.9. The van der Waals surface area contributed by atoms with E-state index in [1.54, 1.807) is 30.3 Å². The van der Waals surface area contributed by atoms with E-state index in [9.17, 15) is 8.76 Å². The van der Waals surface area contributed by atoms with Crippen molar-refractivity contribution in [3.05, 3.63) is 30.3 Å². The van der Waals surface area contributed by atoms with E-state index < -0.39 is 11.1 Å². The lowest BCUT2D eigenvalue weighted by Crippen LogP contribution is -1.85. The third-order valence-electron chi connectivity index (χ3n) is 0.936. The predicted octanol–water partition coefficient (Wildman–Crippen LogP) is 2.98. The molecule has 0 aromatic heterocycles. The van der Waals surface area contributed by atoms with Gasteiger partial charge in [-0.1, -0.05) is 45.9 Å². The summed E-state index contributed by atoms with van der Waals surface area (Å²) in [7, 11) is 0. The molecule has 1 rings (SSSR count). The number of hydrogen-bond acceptors (Lipinski definition) is 2. The van der Waals surface area contributed by atoms with Crippen LogP contribution in [0.5, 0.6) is 0 Å². The molecule has 0 aliphatic heterocycles. The lowest BCUT2D eigenvalue weighted by atomic mass is 10.4. The highest BCUT2D eigenvalue weighted by atomic mass is 32.2. The summed E-state index contributed by atoms with van der Waals surface area (Å²) in [6, 6.07) is 8.23. The lowest BCUT2D eigenvalue weighted by Gasteiger charge is -2.01. The van der Waals surface area contributed by atoms with Crippen LogP contribution in [0.15, 0.2) is 35.2 Å². The molecule has 0 radical (unpaired) electrons. The summed E-state index contributed by atoms with van der Waals surface area (Å²) in [4.78, 5) is 0.331. The minimum absolute atomic E-state index is 0.331. The first-order valence-electron chi connectivity index (χ1n) is 4.45. The molecule has 0 bridgehead atoms. The first kappa shape index (κ1) is 14.8. The molecule has 0 heterocycles. The fourth-order valence-corrected chi connectivity index (χ4v) is 0.911. The van der Waals surface area contributed by atoms with E-state index in [-0.39, 0.29) is 0 Å². The van der Waals surface area contributed by atoms with Crippen LogP contribution < -0.4 is 0 Å². The van der Waals surface area contributed by atoms with Crippen molar-refractivity contribution in [2.45, 2.75) is 32.6 Å². The van der Waals surface area contributed by atoms with Gasteiger partial charge in [-0.25, -0.2) is 0 Å². The van der Waals surface area contributed by atoms with Crippen LogP contribution in [0.25, 0.3) is 0 Å². The van der Waals surface area contributed by atoms with Crippen LogP contribution in [0.3, 0.4) is 0 Å². The summed E-state index contributed by atoms with van der Waals surface area (Å²) < 4.78 is 20.4. The zero-order valence-electron chi connectivity index (χ0n) is 8.61. The molecule has 1 unspecified atom stereocenters. The minimum atomic E-state index is -2.08. The minimum Gasteiger partial charge on any atom is -0.768 e. The number of rotatable bonds is 1. The first-order valence-corrected chi connectivity index (χ1v) is 5.52. The first-order chi connectivity index (χ1) is 6.30. The van der Waals surface area contributed by atoms with Crippen molar-refractivity contribution in [1.29, 1.82) is 0 Å². The monoisotopic (exact) mass is 201 g/mol. The van der Waals surface area contributed by atoms with Gasteiger partial charge in [0.25, 0.3) is 0 Å². The van der Waals surface area contributed by atoms with Crippen LogP contribution in [0.4, 0.5) is 0 Å².